The molecule has 1 aromatic heterocycles. The van der Waals surface area contributed by atoms with E-state index in [9.17, 15) is 4.79 Å². The molecule has 3 heterocycles. The van der Waals surface area contributed by atoms with Gasteiger partial charge in [-0.05, 0) is 51.2 Å². The highest BCUT2D eigenvalue weighted by Crippen LogP contribution is 2.46. The Morgan fingerprint density at radius 1 is 1.40 bits per heavy atom. The lowest BCUT2D eigenvalue weighted by Gasteiger charge is -2.48. The molecule has 0 radical (unpaired) electrons. The van der Waals surface area contributed by atoms with E-state index < -0.39 is 0 Å². The number of aromatic nitrogens is 1. The van der Waals surface area contributed by atoms with Crippen LogP contribution in [0.5, 0.6) is 0 Å². The van der Waals surface area contributed by atoms with Gasteiger partial charge in [-0.2, -0.15) is 0 Å². The molecule has 0 aromatic carbocycles. The first-order valence-corrected chi connectivity index (χ1v) is 10.3. The molecular weight excluding hydrogens is 332 g/mol. The lowest BCUT2D eigenvalue weighted by atomic mass is 9.90. The van der Waals surface area contributed by atoms with Gasteiger partial charge in [0.25, 0.3) is 0 Å². The number of thioether (sulfide) groups is 1. The van der Waals surface area contributed by atoms with Crippen LogP contribution in [0, 0.1) is 6.92 Å². The van der Waals surface area contributed by atoms with Crippen molar-refractivity contribution in [3.63, 3.8) is 0 Å². The number of likely N-dealkylation sites (tertiary alicyclic amines) is 1. The van der Waals surface area contributed by atoms with E-state index in [-0.39, 0.29) is 16.8 Å². The number of amides is 1. The summed E-state index contributed by atoms with van der Waals surface area (Å²) in [6.45, 7) is 4.36. The molecule has 1 spiro atoms. The molecule has 5 heteroatoms. The molecule has 0 N–H and O–H groups in total. The molecule has 0 bridgehead atoms. The molecule has 1 amide bonds. The lowest BCUT2D eigenvalue weighted by molar-refractivity contribution is -0.132. The average Bonchev–Trinajstić information content (AvgIpc) is 3.04. The van der Waals surface area contributed by atoms with Gasteiger partial charge in [0.1, 0.15) is 0 Å². The van der Waals surface area contributed by atoms with Crippen molar-refractivity contribution in [1.82, 2.24) is 9.88 Å². The molecule has 4 rings (SSSR count). The molecule has 4 nitrogen and oxygen atoms in total. The number of carbonyl (C=O) groups is 1. The maximum absolute atomic E-state index is 12.6. The fourth-order valence-corrected chi connectivity index (χ4v) is 5.59. The zero-order chi connectivity index (χ0) is 17.3. The molecule has 3 aliphatic rings. The molecule has 0 saturated carbocycles. The highest BCUT2D eigenvalue weighted by Gasteiger charge is 2.51. The topological polar surface area (TPSA) is 42.4 Å². The van der Waals surface area contributed by atoms with E-state index in [0.29, 0.717) is 6.61 Å². The van der Waals surface area contributed by atoms with Crippen molar-refractivity contribution in [2.75, 3.05) is 18.8 Å². The van der Waals surface area contributed by atoms with Crippen LogP contribution in [-0.4, -0.2) is 45.5 Å². The Morgan fingerprint density at radius 2 is 2.28 bits per heavy atom. The molecule has 1 atom stereocenters. The molecule has 2 fully saturated rings. The minimum absolute atomic E-state index is 0.232. The van der Waals surface area contributed by atoms with Crippen molar-refractivity contribution < 1.29 is 9.53 Å². The number of rotatable bonds is 4. The van der Waals surface area contributed by atoms with Gasteiger partial charge in [0.05, 0.1) is 23.2 Å². The van der Waals surface area contributed by atoms with E-state index in [1.54, 1.807) is 0 Å². The van der Waals surface area contributed by atoms with Crippen molar-refractivity contribution in [2.24, 2.45) is 0 Å². The lowest BCUT2D eigenvalue weighted by Crippen LogP contribution is -2.61. The van der Waals surface area contributed by atoms with Gasteiger partial charge in [0.15, 0.2) is 0 Å². The van der Waals surface area contributed by atoms with Crippen LogP contribution in [0.4, 0.5) is 0 Å². The van der Waals surface area contributed by atoms with Gasteiger partial charge in [-0.3, -0.25) is 9.78 Å². The van der Waals surface area contributed by atoms with Crippen LogP contribution >= 0.6 is 11.8 Å². The maximum atomic E-state index is 12.6. The van der Waals surface area contributed by atoms with Gasteiger partial charge >= 0.3 is 0 Å². The third kappa shape index (κ3) is 3.77. The first kappa shape index (κ1) is 17.1. The van der Waals surface area contributed by atoms with Gasteiger partial charge in [0.2, 0.25) is 5.91 Å². The Kier molecular flexibility index (Phi) is 4.87. The highest BCUT2D eigenvalue weighted by atomic mass is 32.2. The largest absolute Gasteiger partial charge is 0.371 e. The minimum atomic E-state index is 0.232. The number of nitrogens with zero attached hydrogens (tertiary/aromatic N) is 2. The molecular formula is C20H26N2O2S. The number of pyridine rings is 1. The number of carbonyl (C=O) groups excluding carboxylic acids is 1. The summed E-state index contributed by atoms with van der Waals surface area (Å²) >= 11 is 1.99. The first-order valence-electron chi connectivity index (χ1n) is 9.30. The number of hydrogen-bond acceptors (Lipinski definition) is 4. The molecule has 1 aromatic rings. The number of aryl methyl sites for hydroxylation is 1. The van der Waals surface area contributed by atoms with E-state index in [4.69, 9.17) is 4.74 Å². The summed E-state index contributed by atoms with van der Waals surface area (Å²) in [4.78, 5) is 19.1. The van der Waals surface area contributed by atoms with E-state index in [0.717, 1.165) is 61.5 Å². The summed E-state index contributed by atoms with van der Waals surface area (Å²) in [6, 6.07) is 6.05. The molecule has 1 aliphatic carbocycles. The quantitative estimate of drug-likeness (QED) is 0.826. The van der Waals surface area contributed by atoms with E-state index in [2.05, 4.69) is 11.1 Å². The third-order valence-corrected chi connectivity index (χ3v) is 6.97. The van der Waals surface area contributed by atoms with Gasteiger partial charge in [-0.1, -0.05) is 12.1 Å². The Labute approximate surface area is 154 Å². The smallest absolute Gasteiger partial charge is 0.249 e. The summed E-state index contributed by atoms with van der Waals surface area (Å²) in [6.07, 6.45) is 7.90. The normalized spacial score (nSPS) is 24.9. The summed E-state index contributed by atoms with van der Waals surface area (Å²) < 4.78 is 6.32. The van der Waals surface area contributed by atoms with E-state index in [1.807, 2.05) is 41.8 Å². The number of ether oxygens (including phenoxy) is 1. The van der Waals surface area contributed by atoms with Crippen LogP contribution in [0.1, 0.15) is 43.5 Å². The van der Waals surface area contributed by atoms with Crippen LogP contribution in [0.2, 0.25) is 0 Å². The van der Waals surface area contributed by atoms with Crippen molar-refractivity contribution in [1.29, 1.82) is 0 Å². The predicted octanol–water partition coefficient (Wildman–Crippen LogP) is 3.49. The summed E-state index contributed by atoms with van der Waals surface area (Å²) in [5.74, 6) is 1.30. The molecule has 2 aliphatic heterocycles. The van der Waals surface area contributed by atoms with Gasteiger partial charge in [0, 0.05) is 30.1 Å². The van der Waals surface area contributed by atoms with Crippen LogP contribution in [0.3, 0.4) is 0 Å². The highest BCUT2D eigenvalue weighted by molar-refractivity contribution is 8.01. The molecule has 2 saturated heterocycles. The monoisotopic (exact) mass is 358 g/mol. The minimum Gasteiger partial charge on any atom is -0.371 e. The summed E-state index contributed by atoms with van der Waals surface area (Å²) in [5, 5.41) is 0. The van der Waals surface area contributed by atoms with Crippen molar-refractivity contribution >= 4 is 17.7 Å². The van der Waals surface area contributed by atoms with Crippen LogP contribution < -0.4 is 0 Å². The molecule has 134 valence electrons. The van der Waals surface area contributed by atoms with Crippen LogP contribution in [-0.2, 0) is 16.1 Å². The number of allylic oxidation sites excluding steroid dienone is 1. The second kappa shape index (κ2) is 7.12. The standard InChI is InChI=1S/C20H26N2O2S/c1-15-6-5-9-17(21-15)11-24-18-10-20(25-12-18)13-22(14-20)19(23)16-7-3-2-4-8-16/h5-7,9,18H,2-4,8,10-14H2,1H3. The maximum Gasteiger partial charge on any atom is 0.249 e. The van der Waals surface area contributed by atoms with Crippen molar-refractivity contribution in [3.05, 3.63) is 41.2 Å². The molecule has 1 unspecified atom stereocenters. The van der Waals surface area contributed by atoms with Gasteiger partial charge < -0.3 is 9.64 Å². The van der Waals surface area contributed by atoms with E-state index >= 15 is 0 Å². The van der Waals surface area contributed by atoms with E-state index in [1.165, 1.54) is 6.42 Å². The van der Waals surface area contributed by atoms with Crippen molar-refractivity contribution in [2.45, 2.75) is 56.5 Å². The van der Waals surface area contributed by atoms with Gasteiger partial charge in [-0.25, -0.2) is 0 Å². The van der Waals surface area contributed by atoms with Crippen LogP contribution in [0.25, 0.3) is 0 Å². The fourth-order valence-electron chi connectivity index (χ4n) is 4.04. The van der Waals surface area contributed by atoms with Crippen LogP contribution in [0.15, 0.2) is 29.8 Å². The predicted molar refractivity (Wildman–Crippen MR) is 100 cm³/mol. The Hall–Kier alpha value is -1.33. The fraction of sp³-hybridized carbons (Fsp3) is 0.600. The zero-order valence-electron chi connectivity index (χ0n) is 14.9. The average molecular weight is 359 g/mol. The Bertz CT molecular complexity index is 682. The molecule has 25 heavy (non-hydrogen) atoms. The Morgan fingerprint density at radius 3 is 3.04 bits per heavy atom. The Balaban J connectivity index is 1.26. The first-order chi connectivity index (χ1) is 12.1. The summed E-state index contributed by atoms with van der Waals surface area (Å²) in [7, 11) is 0. The van der Waals surface area contributed by atoms with Gasteiger partial charge in [-0.15, -0.1) is 11.8 Å². The SMILES string of the molecule is Cc1cccc(COC2CSC3(C2)CN(C(=O)C2=CCCCC2)C3)n1. The summed E-state index contributed by atoms with van der Waals surface area (Å²) in [5.41, 5.74) is 3.08. The number of hydrogen-bond donors (Lipinski definition) is 0. The zero-order valence-corrected chi connectivity index (χ0v) is 15.7. The third-order valence-electron chi connectivity index (χ3n) is 5.40. The second-order valence-electron chi connectivity index (χ2n) is 7.54. The second-order valence-corrected chi connectivity index (χ2v) is 9.03. The van der Waals surface area contributed by atoms with Crippen molar-refractivity contribution in [3.8, 4) is 0 Å².